The van der Waals surface area contributed by atoms with Crippen molar-refractivity contribution in [1.82, 2.24) is 0 Å². The maximum atomic E-state index is 12.3. The first-order valence-electron chi connectivity index (χ1n) is 3.16. The lowest BCUT2D eigenvalue weighted by Gasteiger charge is -2.29. The predicted molar refractivity (Wildman–Crippen MR) is 42.3 cm³/mol. The van der Waals surface area contributed by atoms with Gasteiger partial charge in [-0.1, -0.05) is 23.8 Å². The van der Waals surface area contributed by atoms with Crippen molar-refractivity contribution in [3.63, 3.8) is 0 Å². The van der Waals surface area contributed by atoms with E-state index in [9.17, 15) is 13.2 Å². The summed E-state index contributed by atoms with van der Waals surface area (Å²) < 4.78 is 36.9. The molecule has 1 rings (SSSR count). The molecule has 0 spiro atoms. The van der Waals surface area contributed by atoms with Crippen molar-refractivity contribution in [3.05, 3.63) is 23.3 Å². The topological polar surface area (TPSA) is 0 Å². The minimum absolute atomic E-state index is 0.312. The van der Waals surface area contributed by atoms with Crippen molar-refractivity contribution in [3.8, 4) is 0 Å². The molecule has 0 N–H and O–H groups in total. The number of alkyl halides is 4. The molecule has 0 nitrogen and oxygen atoms in total. The molecule has 0 heterocycles. The first kappa shape index (κ1) is 9.93. The lowest BCUT2D eigenvalue weighted by atomic mass is 9.99. The molecule has 0 amide bonds. The Hall–Kier alpha value is -0.150. The van der Waals surface area contributed by atoms with Gasteiger partial charge in [0.1, 0.15) is 0 Å². The van der Waals surface area contributed by atoms with Gasteiger partial charge in [-0.3, -0.25) is 0 Å². The van der Waals surface area contributed by atoms with Gasteiger partial charge in [-0.05, 0) is 12.5 Å². The summed E-state index contributed by atoms with van der Waals surface area (Å²) >= 11 is 10.7. The van der Waals surface area contributed by atoms with Crippen molar-refractivity contribution in [2.24, 2.45) is 0 Å². The first-order chi connectivity index (χ1) is 5.38. The summed E-state index contributed by atoms with van der Waals surface area (Å²) in [4.78, 5) is -2.41. The van der Waals surface area contributed by atoms with E-state index < -0.39 is 11.1 Å². The molecule has 0 aromatic carbocycles. The van der Waals surface area contributed by atoms with E-state index in [0.717, 1.165) is 6.08 Å². The molecule has 0 saturated carbocycles. The largest absolute Gasteiger partial charge is 0.412 e. The highest BCUT2D eigenvalue weighted by molar-refractivity contribution is 6.40. The highest BCUT2D eigenvalue weighted by atomic mass is 35.5. The van der Waals surface area contributed by atoms with Crippen LogP contribution in [0.2, 0.25) is 0 Å². The van der Waals surface area contributed by atoms with Crippen LogP contribution in [0.3, 0.4) is 0 Å². The van der Waals surface area contributed by atoms with Crippen LogP contribution in [0.4, 0.5) is 13.2 Å². The molecular weight excluding hydrogens is 212 g/mol. The number of halogens is 5. The van der Waals surface area contributed by atoms with Crippen LogP contribution < -0.4 is 0 Å². The molecule has 0 aliphatic heterocycles. The summed E-state index contributed by atoms with van der Waals surface area (Å²) in [5.41, 5.74) is 0. The van der Waals surface area contributed by atoms with Gasteiger partial charge in [0.15, 0.2) is 4.87 Å². The zero-order valence-corrected chi connectivity index (χ0v) is 7.34. The van der Waals surface area contributed by atoms with Gasteiger partial charge < -0.3 is 0 Å². The molecule has 12 heavy (non-hydrogen) atoms. The van der Waals surface area contributed by atoms with Gasteiger partial charge in [0.25, 0.3) is 0 Å². The molecule has 0 fully saturated rings. The quantitative estimate of drug-likeness (QED) is 0.543. The van der Waals surface area contributed by atoms with E-state index in [4.69, 9.17) is 23.2 Å². The Bertz CT molecular complexity index is 242. The summed E-state index contributed by atoms with van der Waals surface area (Å²) in [5.74, 6) is 0. The summed E-state index contributed by atoms with van der Waals surface area (Å²) in [6.07, 6.45) is -0.868. The number of allylic oxidation sites excluding steroid dienone is 4. The SMILES string of the molecule is FC(F)(F)C1(Cl)CC=CC=C1Cl. The molecule has 1 atom stereocenters. The Kier molecular flexibility index (Phi) is 2.45. The van der Waals surface area contributed by atoms with Crippen LogP contribution >= 0.6 is 23.2 Å². The lowest BCUT2D eigenvalue weighted by Crippen LogP contribution is -2.40. The number of hydrogen-bond acceptors (Lipinski definition) is 0. The van der Waals surface area contributed by atoms with E-state index in [1.807, 2.05) is 0 Å². The monoisotopic (exact) mass is 216 g/mol. The predicted octanol–water partition coefficient (Wildman–Crippen LogP) is 3.61. The Morgan fingerprint density at radius 2 is 2.00 bits per heavy atom. The van der Waals surface area contributed by atoms with Gasteiger partial charge in [-0.15, -0.1) is 11.6 Å². The van der Waals surface area contributed by atoms with Gasteiger partial charge in [0.2, 0.25) is 0 Å². The molecule has 0 aromatic rings. The van der Waals surface area contributed by atoms with Gasteiger partial charge in [0.05, 0.1) is 0 Å². The summed E-state index contributed by atoms with van der Waals surface area (Å²) in [7, 11) is 0. The molecule has 0 radical (unpaired) electrons. The van der Waals surface area contributed by atoms with Crippen molar-refractivity contribution in [2.75, 3.05) is 0 Å². The molecule has 5 heteroatoms. The van der Waals surface area contributed by atoms with Crippen molar-refractivity contribution in [1.29, 1.82) is 0 Å². The minimum Gasteiger partial charge on any atom is -0.169 e. The van der Waals surface area contributed by atoms with Gasteiger partial charge in [0, 0.05) is 5.03 Å². The van der Waals surface area contributed by atoms with Crippen molar-refractivity contribution < 1.29 is 13.2 Å². The van der Waals surface area contributed by atoms with E-state index in [1.165, 1.54) is 12.2 Å². The molecule has 0 saturated heterocycles. The Morgan fingerprint density at radius 3 is 2.33 bits per heavy atom. The van der Waals surface area contributed by atoms with Gasteiger partial charge >= 0.3 is 6.18 Å². The fourth-order valence-electron chi connectivity index (χ4n) is 0.864. The summed E-state index contributed by atoms with van der Waals surface area (Å²) in [5, 5.41) is -0.376. The highest BCUT2D eigenvalue weighted by Crippen LogP contribution is 2.47. The van der Waals surface area contributed by atoms with E-state index >= 15 is 0 Å². The van der Waals surface area contributed by atoms with Crippen LogP contribution in [-0.2, 0) is 0 Å². The average molecular weight is 217 g/mol. The standard InChI is InChI=1S/C7H5Cl2F3/c8-5-3-1-2-4-6(5,9)7(10,11)12/h1-3H,4H2. The zero-order valence-electron chi connectivity index (χ0n) is 5.83. The second-order valence-corrected chi connectivity index (χ2v) is 3.50. The second-order valence-electron chi connectivity index (χ2n) is 2.45. The Morgan fingerprint density at radius 1 is 1.42 bits per heavy atom. The highest BCUT2D eigenvalue weighted by Gasteiger charge is 2.55. The van der Waals surface area contributed by atoms with Crippen LogP contribution in [-0.4, -0.2) is 11.1 Å². The van der Waals surface area contributed by atoms with Gasteiger partial charge in [-0.2, -0.15) is 13.2 Å². The van der Waals surface area contributed by atoms with Crippen LogP contribution in [0.25, 0.3) is 0 Å². The third-order valence-corrected chi connectivity index (χ3v) is 2.72. The fraction of sp³-hybridized carbons (Fsp3) is 0.429. The Balaban J connectivity index is 3.01. The van der Waals surface area contributed by atoms with Crippen LogP contribution in [0.1, 0.15) is 6.42 Å². The molecule has 0 aromatic heterocycles. The fourth-order valence-corrected chi connectivity index (χ4v) is 1.27. The second kappa shape index (κ2) is 2.96. The van der Waals surface area contributed by atoms with E-state index in [-0.39, 0.29) is 11.5 Å². The summed E-state index contributed by atoms with van der Waals surface area (Å²) in [6, 6.07) is 0. The van der Waals surface area contributed by atoms with E-state index in [0.29, 0.717) is 0 Å². The zero-order chi connectivity index (χ0) is 9.41. The van der Waals surface area contributed by atoms with Gasteiger partial charge in [-0.25, -0.2) is 0 Å². The Labute approximate surface area is 77.6 Å². The lowest BCUT2D eigenvalue weighted by molar-refractivity contribution is -0.150. The maximum absolute atomic E-state index is 12.3. The molecule has 0 bridgehead atoms. The number of hydrogen-bond donors (Lipinski definition) is 0. The van der Waals surface area contributed by atoms with Crippen molar-refractivity contribution in [2.45, 2.75) is 17.5 Å². The normalized spacial score (nSPS) is 30.2. The van der Waals surface area contributed by atoms with Crippen molar-refractivity contribution >= 4 is 23.2 Å². The smallest absolute Gasteiger partial charge is 0.169 e. The van der Waals surface area contributed by atoms with Crippen LogP contribution in [0.5, 0.6) is 0 Å². The third kappa shape index (κ3) is 1.48. The first-order valence-corrected chi connectivity index (χ1v) is 3.92. The minimum atomic E-state index is -4.51. The molecule has 1 aliphatic carbocycles. The van der Waals surface area contributed by atoms with E-state index in [2.05, 4.69) is 0 Å². The summed E-state index contributed by atoms with van der Waals surface area (Å²) in [6.45, 7) is 0. The van der Waals surface area contributed by atoms with Crippen LogP contribution in [0, 0.1) is 0 Å². The van der Waals surface area contributed by atoms with E-state index in [1.54, 1.807) is 0 Å². The molecule has 1 aliphatic rings. The van der Waals surface area contributed by atoms with Crippen LogP contribution in [0.15, 0.2) is 23.3 Å². The number of rotatable bonds is 0. The maximum Gasteiger partial charge on any atom is 0.412 e. The molecule has 1 unspecified atom stereocenters. The molecular formula is C7H5Cl2F3. The average Bonchev–Trinajstić information content (AvgIpc) is 1.93. The molecule has 68 valence electrons. The third-order valence-electron chi connectivity index (χ3n) is 1.61.